The van der Waals surface area contributed by atoms with Gasteiger partial charge in [-0.3, -0.25) is 0 Å². The molecular weight excluding hydrogens is 321 g/mol. The number of hydrogen-bond donors (Lipinski definition) is 1. The zero-order valence-corrected chi connectivity index (χ0v) is 11.6. The first-order valence-electron chi connectivity index (χ1n) is 5.92. The Labute approximate surface area is 115 Å². The molecule has 0 amide bonds. The second-order valence-electron chi connectivity index (χ2n) is 4.36. The lowest BCUT2D eigenvalue weighted by molar-refractivity contribution is 0.566. The van der Waals surface area contributed by atoms with Crippen LogP contribution < -0.4 is 5.32 Å². The van der Waals surface area contributed by atoms with Gasteiger partial charge in [0, 0.05) is 10.1 Å². The van der Waals surface area contributed by atoms with Crippen molar-refractivity contribution < 1.29 is 0 Å². The van der Waals surface area contributed by atoms with Crippen LogP contribution in [0.5, 0.6) is 0 Å². The molecule has 0 saturated carbocycles. The minimum absolute atomic E-state index is 0.355. The van der Waals surface area contributed by atoms with Crippen molar-refractivity contribution in [1.82, 2.24) is 5.32 Å². The molecule has 1 heterocycles. The molecule has 0 aliphatic carbocycles. The molecule has 0 aromatic heterocycles. The van der Waals surface area contributed by atoms with Gasteiger partial charge in [0.2, 0.25) is 0 Å². The first-order chi connectivity index (χ1) is 8.36. The third-order valence-corrected chi connectivity index (χ3v) is 4.31. The number of fused-ring (bicyclic) bond motifs is 1. The molecule has 0 unspecified atom stereocenters. The summed E-state index contributed by atoms with van der Waals surface area (Å²) in [6, 6.07) is 17.7. The van der Waals surface area contributed by atoms with Gasteiger partial charge in [0.1, 0.15) is 0 Å². The Morgan fingerprint density at radius 1 is 0.941 bits per heavy atom. The zero-order valence-electron chi connectivity index (χ0n) is 9.49. The highest BCUT2D eigenvalue weighted by Crippen LogP contribution is 2.30. The van der Waals surface area contributed by atoms with E-state index in [0.29, 0.717) is 6.04 Å². The zero-order chi connectivity index (χ0) is 11.7. The van der Waals surface area contributed by atoms with Crippen molar-refractivity contribution in [3.8, 4) is 0 Å². The molecule has 3 rings (SSSR count). The molecular formula is C15H14IN. The lowest BCUT2D eigenvalue weighted by atomic mass is 9.90. The van der Waals surface area contributed by atoms with Crippen molar-refractivity contribution in [3.05, 3.63) is 68.8 Å². The van der Waals surface area contributed by atoms with E-state index < -0.39 is 0 Å². The van der Waals surface area contributed by atoms with Crippen LogP contribution in [0.25, 0.3) is 0 Å². The van der Waals surface area contributed by atoms with Crippen LogP contribution in [0.15, 0.2) is 48.5 Å². The third-order valence-electron chi connectivity index (χ3n) is 3.33. The molecule has 0 radical (unpaired) electrons. The van der Waals surface area contributed by atoms with Crippen molar-refractivity contribution in [1.29, 1.82) is 0 Å². The van der Waals surface area contributed by atoms with Gasteiger partial charge in [-0.15, -0.1) is 0 Å². The molecule has 0 fully saturated rings. The number of halogens is 1. The van der Waals surface area contributed by atoms with Gasteiger partial charge in [0.25, 0.3) is 0 Å². The summed E-state index contributed by atoms with van der Waals surface area (Å²) in [6.07, 6.45) is 1.14. The molecule has 1 N–H and O–H groups in total. The molecule has 0 saturated heterocycles. The summed E-state index contributed by atoms with van der Waals surface area (Å²) < 4.78 is 1.33. The SMILES string of the molecule is Ic1ccccc1[C@H]1NCCc2ccccc21. The Hall–Kier alpha value is -0.870. The van der Waals surface area contributed by atoms with Crippen LogP contribution in [-0.2, 0) is 6.42 Å². The standard InChI is InChI=1S/C15H14IN/c16-14-8-4-3-7-13(14)15-12-6-2-1-5-11(12)9-10-17-15/h1-8,15,17H,9-10H2/t15-/m0/s1. The smallest absolute Gasteiger partial charge is 0.0589 e. The van der Waals surface area contributed by atoms with E-state index in [0.717, 1.165) is 13.0 Å². The second kappa shape index (κ2) is 4.78. The normalized spacial score (nSPS) is 18.8. The van der Waals surface area contributed by atoms with E-state index in [-0.39, 0.29) is 0 Å². The maximum absolute atomic E-state index is 3.63. The largest absolute Gasteiger partial charge is 0.306 e. The van der Waals surface area contributed by atoms with Gasteiger partial charge >= 0.3 is 0 Å². The summed E-state index contributed by atoms with van der Waals surface area (Å²) in [6.45, 7) is 1.06. The van der Waals surface area contributed by atoms with Gasteiger partial charge in [0.05, 0.1) is 6.04 Å². The van der Waals surface area contributed by atoms with Gasteiger partial charge in [-0.05, 0) is 51.8 Å². The molecule has 2 aromatic carbocycles. The van der Waals surface area contributed by atoms with E-state index in [2.05, 4.69) is 76.4 Å². The molecule has 1 aliphatic rings. The van der Waals surface area contributed by atoms with Crippen molar-refractivity contribution in [3.63, 3.8) is 0 Å². The first-order valence-corrected chi connectivity index (χ1v) is 7.00. The number of benzene rings is 2. The minimum atomic E-state index is 0.355. The van der Waals surface area contributed by atoms with Crippen LogP contribution in [0.4, 0.5) is 0 Å². The van der Waals surface area contributed by atoms with Gasteiger partial charge < -0.3 is 5.32 Å². The van der Waals surface area contributed by atoms with E-state index in [9.17, 15) is 0 Å². The van der Waals surface area contributed by atoms with Gasteiger partial charge in [-0.1, -0.05) is 42.5 Å². The first kappa shape index (κ1) is 11.2. The third kappa shape index (κ3) is 2.11. The Kier molecular flexibility index (Phi) is 3.16. The van der Waals surface area contributed by atoms with Crippen molar-refractivity contribution >= 4 is 22.6 Å². The van der Waals surface area contributed by atoms with Gasteiger partial charge in [-0.2, -0.15) is 0 Å². The van der Waals surface area contributed by atoms with Crippen LogP contribution >= 0.6 is 22.6 Å². The molecule has 86 valence electrons. The summed E-state index contributed by atoms with van der Waals surface area (Å²) in [5.41, 5.74) is 4.30. The average molecular weight is 335 g/mol. The van der Waals surface area contributed by atoms with Gasteiger partial charge in [-0.25, -0.2) is 0 Å². The van der Waals surface area contributed by atoms with Gasteiger partial charge in [0.15, 0.2) is 0 Å². The van der Waals surface area contributed by atoms with Crippen LogP contribution in [-0.4, -0.2) is 6.54 Å². The van der Waals surface area contributed by atoms with E-state index in [4.69, 9.17) is 0 Å². The number of nitrogens with one attached hydrogen (secondary N) is 1. The summed E-state index contributed by atoms with van der Waals surface area (Å²) in [4.78, 5) is 0. The van der Waals surface area contributed by atoms with Crippen LogP contribution in [0.3, 0.4) is 0 Å². The van der Waals surface area contributed by atoms with E-state index in [1.165, 1.54) is 20.3 Å². The molecule has 17 heavy (non-hydrogen) atoms. The summed E-state index contributed by atoms with van der Waals surface area (Å²) >= 11 is 2.42. The highest BCUT2D eigenvalue weighted by atomic mass is 127. The molecule has 1 atom stereocenters. The lowest BCUT2D eigenvalue weighted by Crippen LogP contribution is -2.30. The highest BCUT2D eigenvalue weighted by molar-refractivity contribution is 14.1. The minimum Gasteiger partial charge on any atom is -0.306 e. The predicted molar refractivity (Wildman–Crippen MR) is 79.2 cm³/mol. The lowest BCUT2D eigenvalue weighted by Gasteiger charge is -2.28. The van der Waals surface area contributed by atoms with E-state index in [1.54, 1.807) is 0 Å². The molecule has 0 spiro atoms. The monoisotopic (exact) mass is 335 g/mol. The molecule has 2 aromatic rings. The van der Waals surface area contributed by atoms with Crippen molar-refractivity contribution in [2.75, 3.05) is 6.54 Å². The Bertz CT molecular complexity index is 536. The van der Waals surface area contributed by atoms with Crippen LogP contribution in [0, 0.1) is 3.57 Å². The maximum Gasteiger partial charge on any atom is 0.0589 e. The summed E-state index contributed by atoms with van der Waals surface area (Å²) in [7, 11) is 0. The van der Waals surface area contributed by atoms with Crippen LogP contribution in [0.1, 0.15) is 22.7 Å². The average Bonchev–Trinajstić information content (AvgIpc) is 2.39. The molecule has 1 nitrogen and oxygen atoms in total. The summed E-state index contributed by atoms with van der Waals surface area (Å²) in [5, 5.41) is 3.63. The van der Waals surface area contributed by atoms with E-state index >= 15 is 0 Å². The topological polar surface area (TPSA) is 12.0 Å². The molecule has 0 bridgehead atoms. The quantitative estimate of drug-likeness (QED) is 0.787. The molecule has 2 heteroatoms. The fourth-order valence-corrected chi connectivity index (χ4v) is 3.19. The van der Waals surface area contributed by atoms with Crippen molar-refractivity contribution in [2.45, 2.75) is 12.5 Å². The van der Waals surface area contributed by atoms with E-state index in [1.807, 2.05) is 0 Å². The van der Waals surface area contributed by atoms with Crippen LogP contribution in [0.2, 0.25) is 0 Å². The number of hydrogen-bond acceptors (Lipinski definition) is 1. The fourth-order valence-electron chi connectivity index (χ4n) is 2.49. The Morgan fingerprint density at radius 3 is 2.47 bits per heavy atom. The summed E-state index contributed by atoms with van der Waals surface area (Å²) in [5.74, 6) is 0. The van der Waals surface area contributed by atoms with Crippen molar-refractivity contribution in [2.24, 2.45) is 0 Å². The Morgan fingerprint density at radius 2 is 1.65 bits per heavy atom. The number of rotatable bonds is 1. The highest BCUT2D eigenvalue weighted by Gasteiger charge is 2.21. The Balaban J connectivity index is 2.09. The second-order valence-corrected chi connectivity index (χ2v) is 5.52. The maximum atomic E-state index is 3.63. The fraction of sp³-hybridized carbons (Fsp3) is 0.200. The predicted octanol–water partition coefficient (Wildman–Crippen LogP) is 3.53. The molecule has 1 aliphatic heterocycles.